The highest BCUT2D eigenvalue weighted by molar-refractivity contribution is 14.1. The summed E-state index contributed by atoms with van der Waals surface area (Å²) >= 11 is 2.09. The van der Waals surface area contributed by atoms with Crippen LogP contribution in [0.4, 0.5) is 0 Å². The van der Waals surface area contributed by atoms with Gasteiger partial charge in [0, 0.05) is 0 Å². The molecule has 0 spiro atoms. The maximum atomic E-state index is 5.30. The smallest absolute Gasteiger partial charge is 0.169 e. The molecule has 0 aliphatic rings. The molecule has 0 fully saturated rings. The monoisotopic (exact) mass is 238 g/mol. The summed E-state index contributed by atoms with van der Waals surface area (Å²) in [5.74, 6) is 2.49. The van der Waals surface area contributed by atoms with Crippen LogP contribution in [0.3, 0.4) is 0 Å². The van der Waals surface area contributed by atoms with Crippen LogP contribution in [-0.2, 0) is 4.74 Å². The number of hydrogen-bond acceptors (Lipinski definition) is 1. The van der Waals surface area contributed by atoms with Gasteiger partial charge in [0.1, 0.15) is 0 Å². The van der Waals surface area contributed by atoms with Crippen LogP contribution in [-0.4, -0.2) is 10.2 Å². The first-order chi connectivity index (χ1) is 4.20. The molecule has 52 valence electrons. The summed E-state index contributed by atoms with van der Waals surface area (Å²) in [7, 11) is 0. The highest BCUT2D eigenvalue weighted by Gasteiger charge is 2.02. The van der Waals surface area contributed by atoms with E-state index in [0.29, 0.717) is 0 Å². The van der Waals surface area contributed by atoms with E-state index >= 15 is 0 Å². The van der Waals surface area contributed by atoms with Crippen LogP contribution in [0.25, 0.3) is 0 Å². The van der Waals surface area contributed by atoms with Crippen molar-refractivity contribution < 1.29 is 4.74 Å². The Morgan fingerprint density at radius 3 is 2.67 bits per heavy atom. The molecule has 0 saturated heterocycles. The average Bonchev–Trinajstić information content (AvgIpc) is 1.87. The molecule has 2 heteroatoms. The van der Waals surface area contributed by atoms with Crippen LogP contribution in [0.1, 0.15) is 20.3 Å². The van der Waals surface area contributed by atoms with E-state index in [0.717, 1.165) is 6.42 Å². The zero-order chi connectivity index (χ0) is 7.28. The lowest BCUT2D eigenvalue weighted by atomic mass is 10.3. The van der Waals surface area contributed by atoms with Gasteiger partial charge in [0.05, 0.1) is 6.10 Å². The summed E-state index contributed by atoms with van der Waals surface area (Å²) in [6, 6.07) is 0. The zero-order valence-corrected chi connectivity index (χ0v) is 7.88. The molecular weight excluding hydrogens is 227 g/mol. The molecule has 0 saturated carbocycles. The summed E-state index contributed by atoms with van der Waals surface area (Å²) in [5, 5.41) is 0. The van der Waals surface area contributed by atoms with Crippen molar-refractivity contribution in [2.24, 2.45) is 0 Å². The maximum Gasteiger partial charge on any atom is 0.169 e. The van der Waals surface area contributed by atoms with Crippen LogP contribution in [0, 0.1) is 12.3 Å². The second kappa shape index (κ2) is 5.07. The van der Waals surface area contributed by atoms with E-state index in [2.05, 4.69) is 35.4 Å². The zero-order valence-electron chi connectivity index (χ0n) is 5.73. The molecule has 0 amide bonds. The van der Waals surface area contributed by atoms with Gasteiger partial charge in [-0.2, -0.15) is 0 Å². The van der Waals surface area contributed by atoms with Gasteiger partial charge in [-0.3, -0.25) is 0 Å². The third-order valence-corrected chi connectivity index (χ3v) is 1.71. The quantitative estimate of drug-likeness (QED) is 0.416. The maximum absolute atomic E-state index is 5.30. The van der Waals surface area contributed by atoms with E-state index in [1.807, 2.05) is 6.92 Å². The van der Waals surface area contributed by atoms with Gasteiger partial charge in [-0.25, -0.2) is 0 Å². The molecule has 0 aromatic carbocycles. The van der Waals surface area contributed by atoms with E-state index in [1.54, 1.807) is 0 Å². The summed E-state index contributed by atoms with van der Waals surface area (Å²) in [6.07, 6.45) is 6.39. The van der Waals surface area contributed by atoms with Crippen molar-refractivity contribution >= 4 is 22.6 Å². The Hall–Kier alpha value is 0.250. The molecule has 0 bridgehead atoms. The lowest BCUT2D eigenvalue weighted by Crippen LogP contribution is -2.11. The largest absolute Gasteiger partial charge is 0.353 e. The van der Waals surface area contributed by atoms with Crippen molar-refractivity contribution in [1.29, 1.82) is 0 Å². The van der Waals surface area contributed by atoms with Crippen molar-refractivity contribution in [3.05, 3.63) is 0 Å². The average molecular weight is 238 g/mol. The molecule has 9 heavy (non-hydrogen) atoms. The number of alkyl halides is 1. The molecule has 0 aromatic rings. The third-order valence-electron chi connectivity index (χ3n) is 1.06. The SMILES string of the molecule is C#CC(I)OC(C)CC. The van der Waals surface area contributed by atoms with Gasteiger partial charge in [0.15, 0.2) is 4.11 Å². The Kier molecular flexibility index (Phi) is 5.21. The first kappa shape index (κ1) is 9.25. The van der Waals surface area contributed by atoms with Crippen molar-refractivity contribution in [2.75, 3.05) is 0 Å². The molecule has 0 aliphatic heterocycles. The van der Waals surface area contributed by atoms with Crippen LogP contribution < -0.4 is 0 Å². The molecule has 2 atom stereocenters. The molecule has 0 aromatic heterocycles. The topological polar surface area (TPSA) is 9.23 Å². The number of hydrogen-bond donors (Lipinski definition) is 0. The van der Waals surface area contributed by atoms with E-state index < -0.39 is 0 Å². The minimum Gasteiger partial charge on any atom is -0.353 e. The Labute approximate surface area is 70.3 Å². The van der Waals surface area contributed by atoms with E-state index in [9.17, 15) is 0 Å². The van der Waals surface area contributed by atoms with Gasteiger partial charge < -0.3 is 4.74 Å². The van der Waals surface area contributed by atoms with E-state index in [4.69, 9.17) is 11.2 Å². The van der Waals surface area contributed by atoms with Gasteiger partial charge in [0.25, 0.3) is 0 Å². The molecule has 0 heterocycles. The predicted molar refractivity (Wildman–Crippen MR) is 47.5 cm³/mol. The number of rotatable bonds is 3. The van der Waals surface area contributed by atoms with Crippen LogP contribution in [0.2, 0.25) is 0 Å². The van der Waals surface area contributed by atoms with Gasteiger partial charge in [-0.15, -0.1) is 6.42 Å². The molecule has 0 aliphatic carbocycles. The summed E-state index contributed by atoms with van der Waals surface area (Å²) < 4.78 is 5.23. The third kappa shape index (κ3) is 4.73. The molecule has 0 N–H and O–H groups in total. The summed E-state index contributed by atoms with van der Waals surface area (Å²) in [4.78, 5) is 0. The minimum absolute atomic E-state index is 0.0717. The summed E-state index contributed by atoms with van der Waals surface area (Å²) in [5.41, 5.74) is 0. The lowest BCUT2D eigenvalue weighted by Gasteiger charge is -2.10. The first-order valence-electron chi connectivity index (χ1n) is 2.96. The first-order valence-corrected chi connectivity index (χ1v) is 4.21. The van der Waals surface area contributed by atoms with Gasteiger partial charge in [-0.05, 0) is 35.9 Å². The van der Waals surface area contributed by atoms with E-state index in [-0.39, 0.29) is 10.2 Å². The van der Waals surface area contributed by atoms with Crippen molar-refractivity contribution in [3.8, 4) is 12.3 Å². The molecule has 0 rings (SSSR count). The normalized spacial score (nSPS) is 16.2. The van der Waals surface area contributed by atoms with Gasteiger partial charge in [-0.1, -0.05) is 12.8 Å². The minimum atomic E-state index is -0.0717. The van der Waals surface area contributed by atoms with Crippen LogP contribution >= 0.6 is 22.6 Å². The second-order valence-electron chi connectivity index (χ2n) is 1.84. The standard InChI is InChI=1S/C7H11IO/c1-4-6(3)9-7(8)5-2/h2,6-7H,4H2,1,3H3. The Bertz CT molecular complexity index is 106. The fraction of sp³-hybridized carbons (Fsp3) is 0.714. The fourth-order valence-electron chi connectivity index (χ4n) is 0.339. The molecule has 1 nitrogen and oxygen atoms in total. The highest BCUT2D eigenvalue weighted by atomic mass is 127. The highest BCUT2D eigenvalue weighted by Crippen LogP contribution is 2.06. The molecular formula is C7H11IO. The Morgan fingerprint density at radius 2 is 2.33 bits per heavy atom. The fourth-order valence-corrected chi connectivity index (χ4v) is 0.841. The van der Waals surface area contributed by atoms with Crippen molar-refractivity contribution in [3.63, 3.8) is 0 Å². The number of halogens is 1. The second-order valence-corrected chi connectivity index (χ2v) is 2.97. The van der Waals surface area contributed by atoms with Crippen LogP contribution in [0.5, 0.6) is 0 Å². The van der Waals surface area contributed by atoms with Gasteiger partial charge in [0.2, 0.25) is 0 Å². The lowest BCUT2D eigenvalue weighted by molar-refractivity contribution is 0.0795. The Morgan fingerprint density at radius 1 is 1.78 bits per heavy atom. The predicted octanol–water partition coefficient (Wildman–Crippen LogP) is 2.20. The van der Waals surface area contributed by atoms with Crippen molar-refractivity contribution in [2.45, 2.75) is 30.5 Å². The Balaban J connectivity index is 3.37. The van der Waals surface area contributed by atoms with Gasteiger partial charge >= 0.3 is 0 Å². The summed E-state index contributed by atoms with van der Waals surface area (Å²) in [6.45, 7) is 4.09. The molecule has 0 radical (unpaired) electrons. The molecule has 2 unspecified atom stereocenters. The van der Waals surface area contributed by atoms with E-state index in [1.165, 1.54) is 0 Å². The number of ether oxygens (including phenoxy) is 1. The van der Waals surface area contributed by atoms with Crippen LogP contribution in [0.15, 0.2) is 0 Å². The number of terminal acetylenes is 1. The van der Waals surface area contributed by atoms with Crippen molar-refractivity contribution in [1.82, 2.24) is 0 Å².